The molecule has 0 aromatic heterocycles. The monoisotopic (exact) mass is 351 g/mol. The average Bonchev–Trinajstić information content (AvgIpc) is 2.64. The van der Waals surface area contributed by atoms with E-state index in [4.69, 9.17) is 0 Å². The highest BCUT2D eigenvalue weighted by Crippen LogP contribution is 2.26. The quantitative estimate of drug-likeness (QED) is 0.866. The van der Waals surface area contributed by atoms with Crippen LogP contribution in [0.4, 0.5) is 0 Å². The number of carbonyl (C=O) groups excluding carboxylic acids is 2. The Balaban J connectivity index is 1.66. The van der Waals surface area contributed by atoms with E-state index in [1.165, 1.54) is 0 Å². The van der Waals surface area contributed by atoms with Crippen molar-refractivity contribution >= 4 is 11.8 Å². The van der Waals surface area contributed by atoms with Crippen molar-refractivity contribution in [2.45, 2.75) is 6.42 Å². The Kier molecular flexibility index (Phi) is 5.68. The molecule has 136 valence electrons. The van der Waals surface area contributed by atoms with Gasteiger partial charge in [-0.25, -0.2) is 0 Å². The van der Waals surface area contributed by atoms with E-state index < -0.39 is 0 Å². The SMILES string of the molecule is CN(C)CCNC(=O)CN1CCc2cc(-c3ccccc3)ccc2C1=O. The van der Waals surface area contributed by atoms with Gasteiger partial charge in [0, 0.05) is 25.2 Å². The molecule has 2 amide bonds. The van der Waals surface area contributed by atoms with Gasteiger partial charge in [-0.1, -0.05) is 42.5 Å². The van der Waals surface area contributed by atoms with Gasteiger partial charge in [-0.3, -0.25) is 9.59 Å². The number of hydrogen-bond acceptors (Lipinski definition) is 3. The molecule has 0 fully saturated rings. The van der Waals surface area contributed by atoms with Crippen molar-refractivity contribution in [2.24, 2.45) is 0 Å². The maximum atomic E-state index is 12.7. The minimum absolute atomic E-state index is 0.0615. The molecule has 1 N–H and O–H groups in total. The first-order chi connectivity index (χ1) is 12.5. The largest absolute Gasteiger partial charge is 0.353 e. The zero-order valence-corrected chi connectivity index (χ0v) is 15.4. The fraction of sp³-hybridized carbons (Fsp3) is 0.333. The molecule has 0 aliphatic carbocycles. The number of benzene rings is 2. The summed E-state index contributed by atoms with van der Waals surface area (Å²) in [6, 6.07) is 16.1. The second-order valence-corrected chi connectivity index (χ2v) is 6.87. The van der Waals surface area contributed by atoms with E-state index in [2.05, 4.69) is 23.5 Å². The van der Waals surface area contributed by atoms with Crippen LogP contribution in [0.2, 0.25) is 0 Å². The average molecular weight is 351 g/mol. The van der Waals surface area contributed by atoms with E-state index >= 15 is 0 Å². The predicted octanol–water partition coefficient (Wildman–Crippen LogP) is 2.03. The lowest BCUT2D eigenvalue weighted by molar-refractivity contribution is -0.121. The molecule has 2 aromatic rings. The Hall–Kier alpha value is -2.66. The summed E-state index contributed by atoms with van der Waals surface area (Å²) in [6.07, 6.45) is 0.771. The van der Waals surface area contributed by atoms with Gasteiger partial charge in [0.2, 0.25) is 5.91 Å². The highest BCUT2D eigenvalue weighted by molar-refractivity contribution is 5.99. The molecular formula is C21H25N3O2. The standard InChI is InChI=1S/C21H25N3O2/c1-23(2)13-11-22-20(25)15-24-12-10-18-14-17(8-9-19(18)21(24)26)16-6-4-3-5-7-16/h3-9,14H,10-13,15H2,1-2H3,(H,22,25). The number of rotatable bonds is 6. The van der Waals surface area contributed by atoms with E-state index in [1.807, 2.05) is 49.3 Å². The Morgan fingerprint density at radius 3 is 2.62 bits per heavy atom. The molecule has 0 unspecified atom stereocenters. The van der Waals surface area contributed by atoms with Gasteiger partial charge >= 0.3 is 0 Å². The fourth-order valence-corrected chi connectivity index (χ4v) is 3.15. The molecule has 26 heavy (non-hydrogen) atoms. The summed E-state index contributed by atoms with van der Waals surface area (Å²) in [7, 11) is 3.92. The molecule has 5 heteroatoms. The minimum Gasteiger partial charge on any atom is -0.353 e. The highest BCUT2D eigenvalue weighted by atomic mass is 16.2. The number of nitrogens with one attached hydrogen (secondary N) is 1. The van der Waals surface area contributed by atoms with Crippen LogP contribution in [0.25, 0.3) is 11.1 Å². The van der Waals surface area contributed by atoms with E-state index in [1.54, 1.807) is 4.90 Å². The summed E-state index contributed by atoms with van der Waals surface area (Å²) in [5.74, 6) is -0.168. The number of carbonyl (C=O) groups is 2. The van der Waals surface area contributed by atoms with Crippen molar-refractivity contribution in [2.75, 3.05) is 40.3 Å². The number of nitrogens with zero attached hydrogens (tertiary/aromatic N) is 2. The molecule has 0 saturated heterocycles. The van der Waals surface area contributed by atoms with Crippen molar-refractivity contribution in [1.29, 1.82) is 0 Å². The normalized spacial score (nSPS) is 13.7. The Labute approximate surface area is 154 Å². The molecule has 0 atom stereocenters. The topological polar surface area (TPSA) is 52.7 Å². The van der Waals surface area contributed by atoms with Crippen LogP contribution in [0.5, 0.6) is 0 Å². The molecular weight excluding hydrogens is 326 g/mol. The fourth-order valence-electron chi connectivity index (χ4n) is 3.15. The molecule has 1 aliphatic heterocycles. The third kappa shape index (κ3) is 4.29. The van der Waals surface area contributed by atoms with Crippen LogP contribution in [0.1, 0.15) is 15.9 Å². The van der Waals surface area contributed by atoms with Gasteiger partial charge in [-0.2, -0.15) is 0 Å². The summed E-state index contributed by atoms with van der Waals surface area (Å²) in [5, 5.41) is 2.86. The van der Waals surface area contributed by atoms with Crippen molar-refractivity contribution in [3.63, 3.8) is 0 Å². The minimum atomic E-state index is -0.107. The number of hydrogen-bond donors (Lipinski definition) is 1. The van der Waals surface area contributed by atoms with Gasteiger partial charge in [-0.05, 0) is 43.3 Å². The third-order valence-corrected chi connectivity index (χ3v) is 4.60. The summed E-state index contributed by atoms with van der Waals surface area (Å²) in [6.45, 7) is 2.06. The predicted molar refractivity (Wildman–Crippen MR) is 103 cm³/mol. The Bertz CT molecular complexity index is 787. The maximum Gasteiger partial charge on any atom is 0.254 e. The number of amides is 2. The van der Waals surface area contributed by atoms with Crippen molar-refractivity contribution in [1.82, 2.24) is 15.1 Å². The smallest absolute Gasteiger partial charge is 0.254 e. The van der Waals surface area contributed by atoms with Gasteiger partial charge in [-0.15, -0.1) is 0 Å². The molecule has 2 aromatic carbocycles. The van der Waals surface area contributed by atoms with Crippen molar-refractivity contribution < 1.29 is 9.59 Å². The van der Waals surface area contributed by atoms with Crippen LogP contribution in [0.15, 0.2) is 48.5 Å². The van der Waals surface area contributed by atoms with Crippen LogP contribution in [0, 0.1) is 0 Å². The van der Waals surface area contributed by atoms with Gasteiger partial charge in [0.1, 0.15) is 0 Å². The van der Waals surface area contributed by atoms with E-state index in [9.17, 15) is 9.59 Å². The zero-order chi connectivity index (χ0) is 18.5. The van der Waals surface area contributed by atoms with Crippen LogP contribution in [-0.2, 0) is 11.2 Å². The van der Waals surface area contributed by atoms with E-state index in [0.717, 1.165) is 29.7 Å². The summed E-state index contributed by atoms with van der Waals surface area (Å²) in [4.78, 5) is 28.4. The lowest BCUT2D eigenvalue weighted by atomic mass is 9.94. The molecule has 1 aliphatic rings. The molecule has 3 rings (SSSR count). The van der Waals surface area contributed by atoms with Gasteiger partial charge < -0.3 is 15.1 Å². The van der Waals surface area contributed by atoms with E-state index in [-0.39, 0.29) is 18.4 Å². The molecule has 0 saturated carbocycles. The number of likely N-dealkylation sites (N-methyl/N-ethyl adjacent to an activating group) is 1. The first kappa shape index (κ1) is 18.1. The maximum absolute atomic E-state index is 12.7. The lowest BCUT2D eigenvalue weighted by Gasteiger charge is -2.28. The van der Waals surface area contributed by atoms with E-state index in [0.29, 0.717) is 18.7 Å². The molecule has 0 spiro atoms. The van der Waals surface area contributed by atoms with Crippen molar-refractivity contribution in [3.05, 3.63) is 59.7 Å². The second-order valence-electron chi connectivity index (χ2n) is 6.87. The van der Waals surface area contributed by atoms with Crippen LogP contribution >= 0.6 is 0 Å². The molecule has 1 heterocycles. The van der Waals surface area contributed by atoms with Gasteiger partial charge in [0.15, 0.2) is 0 Å². The summed E-state index contributed by atoms with van der Waals surface area (Å²) in [5.41, 5.74) is 4.02. The lowest BCUT2D eigenvalue weighted by Crippen LogP contribution is -2.45. The van der Waals surface area contributed by atoms with Crippen LogP contribution in [-0.4, -0.2) is 61.9 Å². The molecule has 0 radical (unpaired) electrons. The Morgan fingerprint density at radius 1 is 1.12 bits per heavy atom. The summed E-state index contributed by atoms with van der Waals surface area (Å²) >= 11 is 0. The highest BCUT2D eigenvalue weighted by Gasteiger charge is 2.26. The summed E-state index contributed by atoms with van der Waals surface area (Å²) < 4.78 is 0. The first-order valence-electron chi connectivity index (χ1n) is 8.93. The zero-order valence-electron chi connectivity index (χ0n) is 15.4. The third-order valence-electron chi connectivity index (χ3n) is 4.60. The first-order valence-corrected chi connectivity index (χ1v) is 8.93. The molecule has 0 bridgehead atoms. The van der Waals surface area contributed by atoms with Gasteiger partial charge in [0.05, 0.1) is 6.54 Å². The van der Waals surface area contributed by atoms with Crippen LogP contribution in [0.3, 0.4) is 0 Å². The second kappa shape index (κ2) is 8.15. The Morgan fingerprint density at radius 2 is 1.88 bits per heavy atom. The van der Waals surface area contributed by atoms with Crippen LogP contribution < -0.4 is 5.32 Å². The van der Waals surface area contributed by atoms with Gasteiger partial charge in [0.25, 0.3) is 5.91 Å². The van der Waals surface area contributed by atoms with Crippen molar-refractivity contribution in [3.8, 4) is 11.1 Å². The molecule has 5 nitrogen and oxygen atoms in total. The number of fused-ring (bicyclic) bond motifs is 1.